The Bertz CT molecular complexity index is 698. The molecular weight excluding hydrogens is 242 g/mol. The van der Waals surface area contributed by atoms with Crippen molar-refractivity contribution in [2.45, 2.75) is 19.9 Å². The molecule has 0 saturated heterocycles. The van der Waals surface area contributed by atoms with Crippen LogP contribution in [0.25, 0.3) is 10.8 Å². The standard InChI is InChI=1S/C19H19N/c1-2-15-7-9-16(10-8-15)14-20-19-12-11-17-5-3-4-6-18(17)13-19/h3-13,20H,2,14H2,1H3. The van der Waals surface area contributed by atoms with Gasteiger partial charge in [0.1, 0.15) is 0 Å². The maximum atomic E-state index is 3.49. The molecule has 0 heterocycles. The third-order valence-corrected chi connectivity index (χ3v) is 3.68. The van der Waals surface area contributed by atoms with Crippen LogP contribution in [0.4, 0.5) is 5.69 Å². The lowest BCUT2D eigenvalue weighted by molar-refractivity contribution is 1.11. The molecule has 0 spiro atoms. The zero-order valence-electron chi connectivity index (χ0n) is 11.8. The zero-order chi connectivity index (χ0) is 13.8. The van der Waals surface area contributed by atoms with E-state index < -0.39 is 0 Å². The fourth-order valence-electron chi connectivity index (χ4n) is 2.40. The van der Waals surface area contributed by atoms with Gasteiger partial charge in [-0.05, 0) is 40.5 Å². The van der Waals surface area contributed by atoms with Crippen LogP contribution in [0.1, 0.15) is 18.1 Å². The summed E-state index contributed by atoms with van der Waals surface area (Å²) in [4.78, 5) is 0. The Morgan fingerprint density at radius 2 is 1.45 bits per heavy atom. The predicted octanol–water partition coefficient (Wildman–Crippen LogP) is 5.01. The van der Waals surface area contributed by atoms with Gasteiger partial charge in [0, 0.05) is 12.2 Å². The van der Waals surface area contributed by atoms with Crippen molar-refractivity contribution in [2.24, 2.45) is 0 Å². The minimum atomic E-state index is 0.863. The van der Waals surface area contributed by atoms with Crippen molar-refractivity contribution in [3.8, 4) is 0 Å². The molecule has 20 heavy (non-hydrogen) atoms. The van der Waals surface area contributed by atoms with Gasteiger partial charge in [-0.2, -0.15) is 0 Å². The maximum absolute atomic E-state index is 3.49. The lowest BCUT2D eigenvalue weighted by atomic mass is 10.1. The molecule has 1 nitrogen and oxygen atoms in total. The summed E-state index contributed by atoms with van der Waals surface area (Å²) in [6.07, 6.45) is 1.10. The predicted molar refractivity (Wildman–Crippen MR) is 87.1 cm³/mol. The summed E-state index contributed by atoms with van der Waals surface area (Å²) in [6, 6.07) is 23.8. The molecule has 0 saturated carbocycles. The summed E-state index contributed by atoms with van der Waals surface area (Å²) >= 11 is 0. The molecule has 0 amide bonds. The van der Waals surface area contributed by atoms with Crippen molar-refractivity contribution in [3.05, 3.63) is 77.9 Å². The van der Waals surface area contributed by atoms with Crippen molar-refractivity contribution in [2.75, 3.05) is 5.32 Å². The van der Waals surface area contributed by atoms with E-state index in [0.29, 0.717) is 0 Å². The average molecular weight is 261 g/mol. The summed E-state index contributed by atoms with van der Waals surface area (Å²) in [5.74, 6) is 0. The number of nitrogens with one attached hydrogen (secondary N) is 1. The fourth-order valence-corrected chi connectivity index (χ4v) is 2.40. The first kappa shape index (κ1) is 12.7. The van der Waals surface area contributed by atoms with Crippen molar-refractivity contribution < 1.29 is 0 Å². The van der Waals surface area contributed by atoms with E-state index in [2.05, 4.69) is 79.0 Å². The summed E-state index contributed by atoms with van der Waals surface area (Å²) in [6.45, 7) is 3.05. The number of hydrogen-bond acceptors (Lipinski definition) is 1. The summed E-state index contributed by atoms with van der Waals surface area (Å²) < 4.78 is 0. The van der Waals surface area contributed by atoms with Gasteiger partial charge in [0.15, 0.2) is 0 Å². The molecule has 3 aromatic carbocycles. The van der Waals surface area contributed by atoms with Crippen LogP contribution in [0.5, 0.6) is 0 Å². The largest absolute Gasteiger partial charge is 0.381 e. The van der Waals surface area contributed by atoms with Crippen molar-refractivity contribution in [1.29, 1.82) is 0 Å². The highest BCUT2D eigenvalue weighted by molar-refractivity contribution is 5.85. The number of anilines is 1. The average Bonchev–Trinajstić information content (AvgIpc) is 2.53. The summed E-state index contributed by atoms with van der Waals surface area (Å²) in [5, 5.41) is 6.05. The normalized spacial score (nSPS) is 10.7. The fraction of sp³-hybridized carbons (Fsp3) is 0.158. The van der Waals surface area contributed by atoms with E-state index in [1.165, 1.54) is 27.6 Å². The Kier molecular flexibility index (Phi) is 3.69. The van der Waals surface area contributed by atoms with Crippen molar-refractivity contribution in [1.82, 2.24) is 0 Å². The molecule has 100 valence electrons. The Labute approximate surface area is 120 Å². The highest BCUT2D eigenvalue weighted by atomic mass is 14.9. The Morgan fingerprint density at radius 1 is 0.750 bits per heavy atom. The first-order valence-electron chi connectivity index (χ1n) is 7.15. The number of hydrogen-bond donors (Lipinski definition) is 1. The van der Waals surface area contributed by atoms with E-state index in [1.54, 1.807) is 0 Å². The van der Waals surface area contributed by atoms with E-state index >= 15 is 0 Å². The molecular formula is C19H19N. The van der Waals surface area contributed by atoms with Crippen LogP contribution in [-0.4, -0.2) is 0 Å². The number of fused-ring (bicyclic) bond motifs is 1. The molecule has 0 fully saturated rings. The molecule has 1 heteroatoms. The van der Waals surface area contributed by atoms with Crippen molar-refractivity contribution >= 4 is 16.5 Å². The smallest absolute Gasteiger partial charge is 0.0400 e. The van der Waals surface area contributed by atoms with Gasteiger partial charge in [-0.3, -0.25) is 0 Å². The second-order valence-electron chi connectivity index (χ2n) is 5.09. The summed E-state index contributed by atoms with van der Waals surface area (Å²) in [5.41, 5.74) is 3.87. The van der Waals surface area contributed by atoms with E-state index in [-0.39, 0.29) is 0 Å². The maximum Gasteiger partial charge on any atom is 0.0400 e. The Hall–Kier alpha value is -2.28. The van der Waals surface area contributed by atoms with Crippen molar-refractivity contribution in [3.63, 3.8) is 0 Å². The number of benzene rings is 3. The molecule has 3 aromatic rings. The molecule has 0 unspecified atom stereocenters. The van der Waals surface area contributed by atoms with Crippen LogP contribution < -0.4 is 5.32 Å². The van der Waals surface area contributed by atoms with Gasteiger partial charge < -0.3 is 5.32 Å². The number of rotatable bonds is 4. The first-order valence-corrected chi connectivity index (χ1v) is 7.15. The van der Waals surface area contributed by atoms with Gasteiger partial charge >= 0.3 is 0 Å². The SMILES string of the molecule is CCc1ccc(CNc2ccc3ccccc3c2)cc1. The third kappa shape index (κ3) is 2.83. The quantitative estimate of drug-likeness (QED) is 0.695. The highest BCUT2D eigenvalue weighted by Gasteiger charge is 1.97. The van der Waals surface area contributed by atoms with Crippen LogP contribution in [0, 0.1) is 0 Å². The van der Waals surface area contributed by atoms with Gasteiger partial charge in [0.2, 0.25) is 0 Å². The van der Waals surface area contributed by atoms with E-state index in [0.717, 1.165) is 13.0 Å². The first-order chi connectivity index (χ1) is 9.85. The van der Waals surface area contributed by atoms with E-state index in [9.17, 15) is 0 Å². The van der Waals surface area contributed by atoms with Gasteiger partial charge in [0.05, 0.1) is 0 Å². The molecule has 0 aromatic heterocycles. The Balaban J connectivity index is 1.72. The zero-order valence-corrected chi connectivity index (χ0v) is 11.8. The monoisotopic (exact) mass is 261 g/mol. The number of aryl methyl sites for hydroxylation is 1. The summed E-state index contributed by atoms with van der Waals surface area (Å²) in [7, 11) is 0. The molecule has 0 radical (unpaired) electrons. The molecule has 3 rings (SSSR count). The van der Waals surface area contributed by atoms with Crippen LogP contribution in [0.2, 0.25) is 0 Å². The molecule has 0 bridgehead atoms. The van der Waals surface area contributed by atoms with Gasteiger partial charge in [0.25, 0.3) is 0 Å². The van der Waals surface area contributed by atoms with E-state index in [1.807, 2.05) is 0 Å². The molecule has 0 aliphatic heterocycles. The molecule has 0 aliphatic carbocycles. The molecule has 0 aliphatic rings. The minimum Gasteiger partial charge on any atom is -0.381 e. The topological polar surface area (TPSA) is 12.0 Å². The molecule has 1 N–H and O–H groups in total. The lowest BCUT2D eigenvalue weighted by Gasteiger charge is -2.08. The van der Waals surface area contributed by atoms with Gasteiger partial charge in [-0.25, -0.2) is 0 Å². The highest BCUT2D eigenvalue weighted by Crippen LogP contribution is 2.19. The van der Waals surface area contributed by atoms with Crippen LogP contribution in [0.15, 0.2) is 66.7 Å². The van der Waals surface area contributed by atoms with Crippen LogP contribution >= 0.6 is 0 Å². The van der Waals surface area contributed by atoms with Crippen LogP contribution in [0.3, 0.4) is 0 Å². The second-order valence-corrected chi connectivity index (χ2v) is 5.09. The van der Waals surface area contributed by atoms with Gasteiger partial charge in [-0.15, -0.1) is 0 Å². The van der Waals surface area contributed by atoms with Gasteiger partial charge in [-0.1, -0.05) is 61.5 Å². The lowest BCUT2D eigenvalue weighted by Crippen LogP contribution is -1.99. The third-order valence-electron chi connectivity index (χ3n) is 3.68. The minimum absolute atomic E-state index is 0.863. The van der Waals surface area contributed by atoms with Crippen LogP contribution in [-0.2, 0) is 13.0 Å². The molecule has 0 atom stereocenters. The van der Waals surface area contributed by atoms with E-state index in [4.69, 9.17) is 0 Å². The Morgan fingerprint density at radius 3 is 2.20 bits per heavy atom. The second kappa shape index (κ2) is 5.79.